The second-order valence-electron chi connectivity index (χ2n) is 14.1. The zero-order valence-electron chi connectivity index (χ0n) is 29.6. The zero-order valence-corrected chi connectivity index (χ0v) is 29.6. The van der Waals surface area contributed by atoms with Gasteiger partial charge in [0.1, 0.15) is 12.5 Å². The highest BCUT2D eigenvalue weighted by molar-refractivity contribution is 5.85. The van der Waals surface area contributed by atoms with E-state index >= 15 is 0 Å². The van der Waals surface area contributed by atoms with Crippen LogP contribution < -0.4 is 10.2 Å². The van der Waals surface area contributed by atoms with Crippen molar-refractivity contribution < 1.29 is 14.6 Å². The summed E-state index contributed by atoms with van der Waals surface area (Å²) < 4.78 is 5.77. The molecule has 1 atom stereocenters. The molecule has 13 nitrogen and oxygen atoms in total. The molecular weight excluding hydrogens is 656 g/mol. The van der Waals surface area contributed by atoms with Gasteiger partial charge in [-0.3, -0.25) is 24.7 Å². The molecule has 4 aromatic rings. The first-order valence-corrected chi connectivity index (χ1v) is 18.3. The molecule has 9 rings (SSSR count). The molecule has 0 radical (unpaired) electrons. The van der Waals surface area contributed by atoms with Crippen LogP contribution in [0.15, 0.2) is 83.5 Å². The van der Waals surface area contributed by atoms with Crippen molar-refractivity contribution in [3.8, 4) is 11.4 Å². The summed E-state index contributed by atoms with van der Waals surface area (Å²) in [7, 11) is 0. The third kappa shape index (κ3) is 7.43. The summed E-state index contributed by atoms with van der Waals surface area (Å²) in [5.41, 5.74) is 7.93. The Bertz CT molecular complexity index is 1980. The predicted octanol–water partition coefficient (Wildman–Crippen LogP) is 4.65. The molecule has 2 fully saturated rings. The van der Waals surface area contributed by atoms with E-state index in [9.17, 15) is 4.79 Å². The minimum atomic E-state index is -0.938. The highest BCUT2D eigenvalue weighted by atomic mass is 16.5. The molecule has 13 heteroatoms. The molecule has 0 saturated carbocycles. The summed E-state index contributed by atoms with van der Waals surface area (Å²) in [5, 5.41) is 12.9. The standard InChI is InChI=1S/C31H37N7O.C8H9N3O2/c1-22-21-39-16-15-38(22)31-27-9-14-37(26-7-12-36(13-8-26)19-23-3-2-10-32-18-23)20-29(27)34-30(35-31)25-4-5-28-24(17-25)6-11-33-28;12-8(13)11-2-1-6-3-9-5-10-7(6)4-11/h2-6,10-11,17-18,22,26,33H,7-9,12-16,19-21H2,1H3;1-3,10H,4-5H2,(H,12,13)/t22-;/m0./s1. The Kier molecular flexibility index (Phi) is 9.97. The van der Waals surface area contributed by atoms with Gasteiger partial charge in [0.25, 0.3) is 0 Å². The number of rotatable bonds is 5. The summed E-state index contributed by atoms with van der Waals surface area (Å²) in [5.74, 6) is 1.95. The van der Waals surface area contributed by atoms with Crippen LogP contribution in [0.3, 0.4) is 0 Å². The topological polar surface area (TPSA) is 138 Å². The lowest BCUT2D eigenvalue weighted by atomic mass is 9.97. The lowest BCUT2D eigenvalue weighted by molar-refractivity contribution is 0.0922. The van der Waals surface area contributed by atoms with Crippen LogP contribution >= 0.6 is 0 Å². The molecule has 0 spiro atoms. The van der Waals surface area contributed by atoms with E-state index in [1.165, 1.54) is 39.9 Å². The lowest BCUT2D eigenvalue weighted by Gasteiger charge is -2.42. The summed E-state index contributed by atoms with van der Waals surface area (Å²) in [6.45, 7) is 10.7. The Morgan fingerprint density at radius 1 is 1.08 bits per heavy atom. The number of hydrogen-bond donors (Lipinski definition) is 3. The number of nitrogens with one attached hydrogen (secondary N) is 2. The molecule has 0 bridgehead atoms. The van der Waals surface area contributed by atoms with E-state index in [0.717, 1.165) is 92.9 Å². The Hall–Kier alpha value is -5.11. The van der Waals surface area contributed by atoms with Crippen molar-refractivity contribution >= 4 is 29.0 Å². The van der Waals surface area contributed by atoms with Crippen molar-refractivity contribution in [2.45, 2.75) is 51.4 Å². The molecule has 3 aromatic heterocycles. The quantitative estimate of drug-likeness (QED) is 0.270. The highest BCUT2D eigenvalue weighted by Gasteiger charge is 2.32. The van der Waals surface area contributed by atoms with Crippen LogP contribution in [0, 0.1) is 0 Å². The van der Waals surface area contributed by atoms with E-state index < -0.39 is 6.09 Å². The number of fused-ring (bicyclic) bond motifs is 2. The second-order valence-corrected chi connectivity index (χ2v) is 14.1. The van der Waals surface area contributed by atoms with Gasteiger partial charge in [0.05, 0.1) is 31.5 Å². The van der Waals surface area contributed by atoms with Gasteiger partial charge in [0, 0.05) is 96.5 Å². The Morgan fingerprint density at radius 2 is 1.98 bits per heavy atom. The van der Waals surface area contributed by atoms with Gasteiger partial charge < -0.3 is 25.0 Å². The maximum absolute atomic E-state index is 10.6. The van der Waals surface area contributed by atoms with E-state index in [2.05, 4.69) is 72.2 Å². The fraction of sp³-hybridized carbons (Fsp3) is 0.410. The molecule has 2 saturated heterocycles. The lowest BCUT2D eigenvalue weighted by Crippen LogP contribution is -2.48. The smallest absolute Gasteiger partial charge is 0.411 e. The Labute approximate surface area is 303 Å². The summed E-state index contributed by atoms with van der Waals surface area (Å²) >= 11 is 0. The van der Waals surface area contributed by atoms with Gasteiger partial charge in [-0.2, -0.15) is 0 Å². The normalized spacial score (nSPS) is 21.0. The second kappa shape index (κ2) is 15.2. The fourth-order valence-electron chi connectivity index (χ4n) is 7.82. The number of hydrogen-bond acceptors (Lipinski definition) is 10. The van der Waals surface area contributed by atoms with Gasteiger partial charge in [0.2, 0.25) is 0 Å². The van der Waals surface area contributed by atoms with Gasteiger partial charge in [-0.25, -0.2) is 14.8 Å². The molecule has 8 heterocycles. The number of allylic oxidation sites excluding steroid dienone is 2. The monoisotopic (exact) mass is 702 g/mol. The van der Waals surface area contributed by atoms with Crippen LogP contribution in [0.5, 0.6) is 0 Å². The Morgan fingerprint density at radius 3 is 2.81 bits per heavy atom. The third-order valence-corrected chi connectivity index (χ3v) is 10.7. The van der Waals surface area contributed by atoms with Crippen molar-refractivity contribution in [2.24, 2.45) is 4.99 Å². The molecule has 1 amide bonds. The SMILES string of the molecule is C[C@H]1COCCN1c1nc(-c2ccc3[nH]ccc3c2)nc2c1CCN(C1CCN(Cc3cccnc3)CC1)C2.O=C(O)N1C=CC2=C(C1)NCN=C2. The molecule has 52 heavy (non-hydrogen) atoms. The van der Waals surface area contributed by atoms with E-state index in [1.54, 1.807) is 18.5 Å². The van der Waals surface area contributed by atoms with Crippen molar-refractivity contribution in [2.75, 3.05) is 57.5 Å². The van der Waals surface area contributed by atoms with Crippen molar-refractivity contribution in [1.29, 1.82) is 0 Å². The number of carboxylic acid groups (broad SMARTS) is 1. The van der Waals surface area contributed by atoms with E-state index in [-0.39, 0.29) is 0 Å². The first-order valence-electron chi connectivity index (χ1n) is 18.3. The summed E-state index contributed by atoms with van der Waals surface area (Å²) in [4.78, 5) is 41.6. The van der Waals surface area contributed by atoms with Gasteiger partial charge in [0.15, 0.2) is 5.82 Å². The van der Waals surface area contributed by atoms with Crippen LogP contribution in [0.1, 0.15) is 36.6 Å². The highest BCUT2D eigenvalue weighted by Crippen LogP contribution is 2.34. The number of benzene rings is 1. The van der Waals surface area contributed by atoms with E-state index in [0.29, 0.717) is 25.3 Å². The number of amides is 1. The molecule has 1 aromatic carbocycles. The number of pyridine rings is 1. The van der Waals surface area contributed by atoms with E-state index in [1.807, 2.05) is 24.7 Å². The summed E-state index contributed by atoms with van der Waals surface area (Å²) in [6, 6.07) is 13.7. The van der Waals surface area contributed by atoms with Gasteiger partial charge in [-0.05, 0) is 81.2 Å². The number of aromatic nitrogens is 4. The number of piperidine rings is 1. The Balaban J connectivity index is 0.000000250. The minimum Gasteiger partial charge on any atom is -0.465 e. The number of morpholine rings is 1. The number of anilines is 1. The number of carbonyl (C=O) groups is 1. The molecule has 0 unspecified atom stereocenters. The first-order chi connectivity index (χ1) is 25.5. The predicted molar refractivity (Wildman–Crippen MR) is 201 cm³/mol. The molecule has 0 aliphatic carbocycles. The molecule has 3 N–H and O–H groups in total. The van der Waals surface area contributed by atoms with Crippen LogP contribution in [0.2, 0.25) is 0 Å². The van der Waals surface area contributed by atoms with Crippen molar-refractivity contribution in [1.82, 2.24) is 40.0 Å². The van der Waals surface area contributed by atoms with Crippen LogP contribution in [0.4, 0.5) is 10.6 Å². The average molecular weight is 703 g/mol. The number of nitrogens with zero attached hydrogens (tertiary/aromatic N) is 8. The van der Waals surface area contributed by atoms with Gasteiger partial charge in [-0.1, -0.05) is 6.07 Å². The molecule has 5 aliphatic heterocycles. The maximum Gasteiger partial charge on any atom is 0.411 e. The van der Waals surface area contributed by atoms with Gasteiger partial charge in [-0.15, -0.1) is 0 Å². The molecule has 5 aliphatic rings. The van der Waals surface area contributed by atoms with E-state index in [4.69, 9.17) is 19.8 Å². The number of H-pyrrole nitrogens is 1. The van der Waals surface area contributed by atoms with Crippen LogP contribution in [-0.4, -0.2) is 117 Å². The van der Waals surface area contributed by atoms with Gasteiger partial charge >= 0.3 is 6.09 Å². The number of likely N-dealkylation sites (tertiary alicyclic amines) is 1. The molecular formula is C39H46N10O3. The van der Waals surface area contributed by atoms with Crippen LogP contribution in [0.25, 0.3) is 22.3 Å². The number of aliphatic imine (C=N–C) groups is 1. The van der Waals surface area contributed by atoms with Crippen LogP contribution in [-0.2, 0) is 24.2 Å². The first kappa shape index (κ1) is 34.0. The molecule has 270 valence electrons. The minimum absolute atomic E-state index is 0.305. The third-order valence-electron chi connectivity index (χ3n) is 10.7. The largest absolute Gasteiger partial charge is 0.465 e. The number of ether oxygens (including phenoxy) is 1. The maximum atomic E-state index is 10.6. The summed E-state index contributed by atoms with van der Waals surface area (Å²) in [6.07, 6.45) is 13.3. The fourth-order valence-corrected chi connectivity index (χ4v) is 7.82. The zero-order chi connectivity index (χ0) is 35.4. The average Bonchev–Trinajstić information content (AvgIpc) is 3.67. The number of aromatic amines is 1. The van der Waals surface area contributed by atoms with Crippen molar-refractivity contribution in [3.05, 3.63) is 95.4 Å². The van der Waals surface area contributed by atoms with Crippen molar-refractivity contribution in [3.63, 3.8) is 0 Å².